The van der Waals surface area contributed by atoms with E-state index < -0.39 is 0 Å². The number of benzene rings is 2. The molecule has 31 heavy (non-hydrogen) atoms. The first-order valence-corrected chi connectivity index (χ1v) is 11.5. The van der Waals surface area contributed by atoms with Gasteiger partial charge in [0.25, 0.3) is 0 Å². The van der Waals surface area contributed by atoms with Crippen LogP contribution in [-0.4, -0.2) is 43.2 Å². The molecule has 4 heteroatoms. The smallest absolute Gasteiger partial charge is 0.222 e. The van der Waals surface area contributed by atoms with E-state index >= 15 is 0 Å². The number of carbonyl (C=O) groups is 1. The number of carbonyl (C=O) groups excluding carboxylic acids is 1. The van der Waals surface area contributed by atoms with Crippen molar-refractivity contribution in [3.8, 4) is 5.75 Å². The van der Waals surface area contributed by atoms with E-state index in [-0.39, 0.29) is 17.4 Å². The molecule has 168 valence electrons. The van der Waals surface area contributed by atoms with E-state index in [1.165, 1.54) is 11.1 Å². The molecule has 1 fully saturated rings. The Labute approximate surface area is 187 Å². The van der Waals surface area contributed by atoms with Crippen molar-refractivity contribution in [2.24, 2.45) is 5.92 Å². The van der Waals surface area contributed by atoms with Crippen LogP contribution in [0.4, 0.5) is 0 Å². The van der Waals surface area contributed by atoms with Gasteiger partial charge in [0.2, 0.25) is 5.91 Å². The third-order valence-corrected chi connectivity index (χ3v) is 6.34. The summed E-state index contributed by atoms with van der Waals surface area (Å²) in [6.07, 6.45) is 3.47. The molecule has 0 spiro atoms. The Balaban J connectivity index is 1.75. The molecule has 1 aliphatic heterocycles. The van der Waals surface area contributed by atoms with Crippen LogP contribution in [0.3, 0.4) is 0 Å². The number of rotatable bonds is 9. The molecule has 0 saturated carbocycles. The Kier molecular flexibility index (Phi) is 8.14. The summed E-state index contributed by atoms with van der Waals surface area (Å²) in [6, 6.07) is 18.9. The number of methoxy groups -OCH3 is 1. The molecular weight excluding hydrogens is 386 g/mol. The monoisotopic (exact) mass is 423 g/mol. The summed E-state index contributed by atoms with van der Waals surface area (Å²) in [4.78, 5) is 14.9. The Hall–Kier alpha value is -2.33. The van der Waals surface area contributed by atoms with Gasteiger partial charge in [0, 0.05) is 32.0 Å². The molecule has 2 aromatic rings. The Morgan fingerprint density at radius 2 is 1.81 bits per heavy atom. The van der Waals surface area contributed by atoms with Crippen molar-refractivity contribution >= 4 is 5.91 Å². The lowest BCUT2D eigenvalue weighted by Crippen LogP contribution is -2.42. The minimum Gasteiger partial charge on any atom is -0.497 e. The number of ether oxygens (including phenoxy) is 2. The number of nitrogens with zero attached hydrogens (tertiary/aromatic N) is 1. The molecule has 0 N–H and O–H groups in total. The van der Waals surface area contributed by atoms with Gasteiger partial charge < -0.3 is 14.4 Å². The van der Waals surface area contributed by atoms with Gasteiger partial charge in [-0.2, -0.15) is 0 Å². The van der Waals surface area contributed by atoms with Gasteiger partial charge in [-0.15, -0.1) is 0 Å². The van der Waals surface area contributed by atoms with E-state index in [9.17, 15) is 4.79 Å². The molecule has 3 rings (SSSR count). The van der Waals surface area contributed by atoms with Gasteiger partial charge in [-0.05, 0) is 62.3 Å². The average Bonchev–Trinajstić information content (AvgIpc) is 2.78. The summed E-state index contributed by atoms with van der Waals surface area (Å²) in [5.74, 6) is 1.84. The van der Waals surface area contributed by atoms with E-state index in [4.69, 9.17) is 9.47 Å². The van der Waals surface area contributed by atoms with Crippen molar-refractivity contribution in [2.45, 2.75) is 58.0 Å². The van der Waals surface area contributed by atoms with E-state index in [2.05, 4.69) is 55.1 Å². The fourth-order valence-electron chi connectivity index (χ4n) is 4.70. The van der Waals surface area contributed by atoms with Gasteiger partial charge >= 0.3 is 0 Å². The van der Waals surface area contributed by atoms with Crippen LogP contribution in [-0.2, 0) is 9.53 Å². The van der Waals surface area contributed by atoms with Crippen LogP contribution >= 0.6 is 0 Å². The molecule has 2 aromatic carbocycles. The summed E-state index contributed by atoms with van der Waals surface area (Å²) in [5, 5.41) is 0. The maximum absolute atomic E-state index is 12.8. The number of hydrogen-bond donors (Lipinski definition) is 0. The molecule has 2 atom stereocenters. The first-order valence-electron chi connectivity index (χ1n) is 11.5. The first-order chi connectivity index (χ1) is 14.9. The van der Waals surface area contributed by atoms with E-state index in [1.807, 2.05) is 25.1 Å². The standard InChI is InChI=1S/C27H37NO3/c1-5-26(29)28(20-21-16-18-31-27(2,3)19-21)17-15-25(22-9-7-6-8-10-22)23-11-13-24(30-4)14-12-23/h6-14,21,25H,5,15-20H2,1-4H3. The average molecular weight is 424 g/mol. The van der Waals surface area contributed by atoms with Crippen LogP contribution in [0, 0.1) is 5.92 Å². The molecule has 0 radical (unpaired) electrons. The fourth-order valence-corrected chi connectivity index (χ4v) is 4.70. The highest BCUT2D eigenvalue weighted by Gasteiger charge is 2.31. The third kappa shape index (κ3) is 6.57. The lowest BCUT2D eigenvalue weighted by atomic mass is 9.86. The Bertz CT molecular complexity index is 816. The topological polar surface area (TPSA) is 38.8 Å². The van der Waals surface area contributed by atoms with Crippen LogP contribution in [0.1, 0.15) is 63.5 Å². The summed E-state index contributed by atoms with van der Waals surface area (Å²) in [6.45, 7) is 8.63. The second-order valence-corrected chi connectivity index (χ2v) is 9.19. The Morgan fingerprint density at radius 1 is 1.13 bits per heavy atom. The van der Waals surface area contributed by atoms with E-state index in [1.54, 1.807) is 7.11 Å². The van der Waals surface area contributed by atoms with E-state index in [0.29, 0.717) is 12.3 Å². The van der Waals surface area contributed by atoms with Gasteiger partial charge in [-0.25, -0.2) is 0 Å². The minimum absolute atomic E-state index is 0.0977. The van der Waals surface area contributed by atoms with Crippen LogP contribution in [0.5, 0.6) is 5.75 Å². The van der Waals surface area contributed by atoms with Crippen molar-refractivity contribution in [1.82, 2.24) is 4.90 Å². The minimum atomic E-state index is -0.0977. The van der Waals surface area contributed by atoms with Crippen LogP contribution in [0.25, 0.3) is 0 Å². The zero-order valence-electron chi connectivity index (χ0n) is 19.5. The number of amides is 1. The van der Waals surface area contributed by atoms with Crippen LogP contribution in [0.2, 0.25) is 0 Å². The quantitative estimate of drug-likeness (QED) is 0.522. The molecule has 0 aliphatic carbocycles. The van der Waals surface area contributed by atoms with Gasteiger partial charge in [0.1, 0.15) is 5.75 Å². The van der Waals surface area contributed by atoms with E-state index in [0.717, 1.165) is 44.7 Å². The predicted octanol–water partition coefficient (Wildman–Crippen LogP) is 5.66. The first kappa shape index (κ1) is 23.3. The van der Waals surface area contributed by atoms with Crippen LogP contribution in [0.15, 0.2) is 54.6 Å². The molecular formula is C27H37NO3. The Morgan fingerprint density at radius 3 is 2.42 bits per heavy atom. The molecule has 4 nitrogen and oxygen atoms in total. The molecule has 1 amide bonds. The lowest BCUT2D eigenvalue weighted by molar-refractivity contribution is -0.133. The fraction of sp³-hybridized carbons (Fsp3) is 0.519. The predicted molar refractivity (Wildman–Crippen MR) is 126 cm³/mol. The SMILES string of the molecule is CCC(=O)N(CCC(c1ccccc1)c1ccc(OC)cc1)CC1CCOC(C)(C)C1. The summed E-state index contributed by atoms with van der Waals surface area (Å²) < 4.78 is 11.2. The lowest BCUT2D eigenvalue weighted by Gasteiger charge is -2.38. The molecule has 1 heterocycles. The van der Waals surface area contributed by atoms with Crippen molar-refractivity contribution in [2.75, 3.05) is 26.8 Å². The highest BCUT2D eigenvalue weighted by Crippen LogP contribution is 2.32. The summed E-state index contributed by atoms with van der Waals surface area (Å²) in [7, 11) is 1.69. The highest BCUT2D eigenvalue weighted by atomic mass is 16.5. The maximum atomic E-state index is 12.8. The molecule has 1 saturated heterocycles. The van der Waals surface area contributed by atoms with Gasteiger partial charge in [0.05, 0.1) is 12.7 Å². The van der Waals surface area contributed by atoms with Gasteiger partial charge in [-0.3, -0.25) is 4.79 Å². The highest BCUT2D eigenvalue weighted by molar-refractivity contribution is 5.75. The van der Waals surface area contributed by atoms with Crippen molar-refractivity contribution < 1.29 is 14.3 Å². The van der Waals surface area contributed by atoms with Crippen molar-refractivity contribution in [3.05, 3.63) is 65.7 Å². The summed E-state index contributed by atoms with van der Waals surface area (Å²) in [5.41, 5.74) is 2.44. The zero-order valence-corrected chi connectivity index (χ0v) is 19.5. The normalized spacial score (nSPS) is 18.9. The third-order valence-electron chi connectivity index (χ3n) is 6.34. The maximum Gasteiger partial charge on any atom is 0.222 e. The molecule has 2 unspecified atom stereocenters. The zero-order chi connectivity index (χ0) is 22.3. The largest absolute Gasteiger partial charge is 0.497 e. The second-order valence-electron chi connectivity index (χ2n) is 9.19. The molecule has 0 bridgehead atoms. The summed E-state index contributed by atoms with van der Waals surface area (Å²) >= 11 is 0. The van der Waals surface area contributed by atoms with Gasteiger partial charge in [-0.1, -0.05) is 49.4 Å². The van der Waals surface area contributed by atoms with Gasteiger partial charge in [0.15, 0.2) is 0 Å². The van der Waals surface area contributed by atoms with Crippen molar-refractivity contribution in [1.29, 1.82) is 0 Å². The van der Waals surface area contributed by atoms with Crippen molar-refractivity contribution in [3.63, 3.8) is 0 Å². The number of hydrogen-bond acceptors (Lipinski definition) is 3. The second kappa shape index (κ2) is 10.8. The molecule has 1 aliphatic rings. The molecule has 0 aromatic heterocycles. The van der Waals surface area contributed by atoms with Crippen LogP contribution < -0.4 is 4.74 Å².